The Morgan fingerprint density at radius 2 is 2.17 bits per heavy atom. The van der Waals surface area contributed by atoms with Crippen LogP contribution >= 0.6 is 0 Å². The van der Waals surface area contributed by atoms with Gasteiger partial charge in [0.1, 0.15) is 0 Å². The standard InChI is InChI=1S/C8H10O3S/c1-7-4-2-3-5-8(7)6-11-12(9)10/h2-5H,6H2,1H3,(H,9,10)/p-1. The van der Waals surface area contributed by atoms with Crippen LogP contribution < -0.4 is 0 Å². The molecule has 0 bridgehead atoms. The lowest BCUT2D eigenvalue weighted by Crippen LogP contribution is -1.97. The Kier molecular flexibility index (Phi) is 3.40. The van der Waals surface area contributed by atoms with Gasteiger partial charge in [-0.15, -0.1) is 0 Å². The Morgan fingerprint density at radius 3 is 2.75 bits per heavy atom. The van der Waals surface area contributed by atoms with Crippen molar-refractivity contribution in [2.45, 2.75) is 13.5 Å². The highest BCUT2D eigenvalue weighted by molar-refractivity contribution is 7.74. The molecule has 0 aliphatic rings. The zero-order valence-electron chi connectivity index (χ0n) is 6.65. The van der Waals surface area contributed by atoms with Crippen LogP contribution in [0.5, 0.6) is 0 Å². The van der Waals surface area contributed by atoms with E-state index in [0.29, 0.717) is 0 Å². The third-order valence-corrected chi connectivity index (χ3v) is 1.88. The van der Waals surface area contributed by atoms with Crippen molar-refractivity contribution in [3.05, 3.63) is 35.4 Å². The number of hydrogen-bond acceptors (Lipinski definition) is 3. The van der Waals surface area contributed by atoms with Crippen LogP contribution in [0, 0.1) is 6.92 Å². The lowest BCUT2D eigenvalue weighted by molar-refractivity contribution is 0.290. The summed E-state index contributed by atoms with van der Waals surface area (Å²) in [5, 5.41) is 0. The lowest BCUT2D eigenvalue weighted by Gasteiger charge is -2.07. The maximum Gasteiger partial charge on any atom is 0.0882 e. The van der Waals surface area contributed by atoms with Gasteiger partial charge in [0.25, 0.3) is 0 Å². The molecule has 1 unspecified atom stereocenters. The molecule has 1 aromatic rings. The molecule has 0 radical (unpaired) electrons. The van der Waals surface area contributed by atoms with Gasteiger partial charge in [-0.25, -0.2) is 4.21 Å². The summed E-state index contributed by atoms with van der Waals surface area (Å²) >= 11 is -2.42. The first-order valence-electron chi connectivity index (χ1n) is 3.47. The quantitative estimate of drug-likeness (QED) is 0.667. The fourth-order valence-electron chi connectivity index (χ4n) is 0.884. The summed E-state index contributed by atoms with van der Waals surface area (Å²) in [5.74, 6) is 0. The lowest BCUT2D eigenvalue weighted by atomic mass is 10.1. The molecule has 0 saturated carbocycles. The SMILES string of the molecule is Cc1ccccc1COS(=O)[O-]. The largest absolute Gasteiger partial charge is 0.750 e. The second-order valence-corrected chi connectivity index (χ2v) is 3.04. The number of hydrogen-bond donors (Lipinski definition) is 0. The molecule has 0 spiro atoms. The molecule has 0 aromatic heterocycles. The van der Waals surface area contributed by atoms with Gasteiger partial charge in [-0.3, -0.25) is 4.18 Å². The van der Waals surface area contributed by atoms with Crippen LogP contribution in [0.2, 0.25) is 0 Å². The van der Waals surface area contributed by atoms with Crippen LogP contribution in [0.3, 0.4) is 0 Å². The third-order valence-electron chi connectivity index (χ3n) is 1.57. The zero-order chi connectivity index (χ0) is 8.97. The highest BCUT2D eigenvalue weighted by atomic mass is 32.2. The van der Waals surface area contributed by atoms with Crippen molar-refractivity contribution in [2.24, 2.45) is 0 Å². The summed E-state index contributed by atoms with van der Waals surface area (Å²) < 4.78 is 24.5. The van der Waals surface area contributed by atoms with E-state index in [4.69, 9.17) is 0 Å². The van der Waals surface area contributed by atoms with E-state index in [2.05, 4.69) is 4.18 Å². The summed E-state index contributed by atoms with van der Waals surface area (Å²) in [6, 6.07) is 7.49. The summed E-state index contributed by atoms with van der Waals surface area (Å²) in [6.45, 7) is 2.02. The number of rotatable bonds is 3. The van der Waals surface area contributed by atoms with Crippen molar-refractivity contribution in [1.82, 2.24) is 0 Å². The van der Waals surface area contributed by atoms with Crippen LogP contribution in [-0.2, 0) is 22.2 Å². The van der Waals surface area contributed by atoms with E-state index < -0.39 is 11.4 Å². The zero-order valence-corrected chi connectivity index (χ0v) is 7.47. The van der Waals surface area contributed by atoms with Gasteiger partial charge in [0.2, 0.25) is 0 Å². The van der Waals surface area contributed by atoms with Gasteiger partial charge >= 0.3 is 0 Å². The molecule has 1 rings (SSSR count). The van der Waals surface area contributed by atoms with E-state index in [-0.39, 0.29) is 6.61 Å². The third kappa shape index (κ3) is 2.73. The minimum atomic E-state index is -2.42. The predicted molar refractivity (Wildman–Crippen MR) is 44.9 cm³/mol. The number of aryl methyl sites for hydroxylation is 1. The molecule has 0 heterocycles. The second kappa shape index (κ2) is 4.35. The maximum atomic E-state index is 10.1. The second-order valence-electron chi connectivity index (χ2n) is 2.39. The van der Waals surface area contributed by atoms with Crippen molar-refractivity contribution in [2.75, 3.05) is 0 Å². The Bertz CT molecular complexity index is 285. The van der Waals surface area contributed by atoms with Gasteiger partial charge in [0, 0.05) is 0 Å². The summed E-state index contributed by atoms with van der Waals surface area (Å²) in [5.41, 5.74) is 1.92. The highest BCUT2D eigenvalue weighted by Crippen LogP contribution is 2.08. The molecule has 66 valence electrons. The Hall–Kier alpha value is -0.710. The van der Waals surface area contributed by atoms with Gasteiger partial charge in [0.05, 0.1) is 18.0 Å². The van der Waals surface area contributed by atoms with Crippen molar-refractivity contribution >= 4 is 11.4 Å². The molecule has 0 fully saturated rings. The molecule has 0 aliphatic carbocycles. The molecule has 0 aliphatic heterocycles. The summed E-state index contributed by atoms with van der Waals surface area (Å²) in [4.78, 5) is 0. The van der Waals surface area contributed by atoms with E-state index in [1.807, 2.05) is 31.2 Å². The van der Waals surface area contributed by atoms with Crippen LogP contribution in [0.25, 0.3) is 0 Å². The van der Waals surface area contributed by atoms with Crippen molar-refractivity contribution in [3.8, 4) is 0 Å². The molecular formula is C8H9O3S-. The minimum Gasteiger partial charge on any atom is -0.750 e. The fourth-order valence-corrected chi connectivity index (χ4v) is 1.11. The van der Waals surface area contributed by atoms with Gasteiger partial charge < -0.3 is 4.55 Å². The van der Waals surface area contributed by atoms with Gasteiger partial charge in [-0.05, 0) is 18.1 Å². The molecule has 1 aromatic carbocycles. The monoisotopic (exact) mass is 185 g/mol. The molecular weight excluding hydrogens is 176 g/mol. The molecule has 0 amide bonds. The Balaban J connectivity index is 2.63. The number of benzene rings is 1. The fraction of sp³-hybridized carbons (Fsp3) is 0.250. The first-order chi connectivity index (χ1) is 5.70. The average Bonchev–Trinajstić information content (AvgIpc) is 2.03. The smallest absolute Gasteiger partial charge is 0.0882 e. The molecule has 0 N–H and O–H groups in total. The maximum absolute atomic E-state index is 10.1. The van der Waals surface area contributed by atoms with E-state index in [1.54, 1.807) is 0 Å². The molecule has 0 saturated heterocycles. The average molecular weight is 185 g/mol. The van der Waals surface area contributed by atoms with Crippen molar-refractivity contribution in [3.63, 3.8) is 0 Å². The van der Waals surface area contributed by atoms with E-state index in [1.165, 1.54) is 0 Å². The van der Waals surface area contributed by atoms with E-state index >= 15 is 0 Å². The Morgan fingerprint density at radius 1 is 1.50 bits per heavy atom. The topological polar surface area (TPSA) is 49.4 Å². The summed E-state index contributed by atoms with van der Waals surface area (Å²) in [7, 11) is 0. The van der Waals surface area contributed by atoms with Crippen molar-refractivity contribution in [1.29, 1.82) is 0 Å². The van der Waals surface area contributed by atoms with Gasteiger partial charge in [0.15, 0.2) is 0 Å². The molecule has 1 atom stereocenters. The van der Waals surface area contributed by atoms with Crippen LogP contribution in [0.4, 0.5) is 0 Å². The molecule has 12 heavy (non-hydrogen) atoms. The first-order valence-corrected chi connectivity index (χ1v) is 4.47. The van der Waals surface area contributed by atoms with Crippen LogP contribution in [-0.4, -0.2) is 8.76 Å². The Labute approximate surface area is 73.9 Å². The summed E-state index contributed by atoms with van der Waals surface area (Å²) in [6.07, 6.45) is 0. The van der Waals surface area contributed by atoms with Crippen LogP contribution in [0.1, 0.15) is 11.1 Å². The normalized spacial score (nSPS) is 12.8. The van der Waals surface area contributed by atoms with E-state index in [0.717, 1.165) is 11.1 Å². The van der Waals surface area contributed by atoms with Gasteiger partial charge in [-0.1, -0.05) is 24.3 Å². The molecule has 4 heteroatoms. The van der Waals surface area contributed by atoms with E-state index in [9.17, 15) is 8.76 Å². The first kappa shape index (κ1) is 9.38. The van der Waals surface area contributed by atoms with Crippen LogP contribution in [0.15, 0.2) is 24.3 Å². The molecule has 3 nitrogen and oxygen atoms in total. The van der Waals surface area contributed by atoms with Crippen molar-refractivity contribution < 1.29 is 12.9 Å². The van der Waals surface area contributed by atoms with Gasteiger partial charge in [-0.2, -0.15) is 0 Å². The highest BCUT2D eigenvalue weighted by Gasteiger charge is 1.95. The minimum absolute atomic E-state index is 0.114. The predicted octanol–water partition coefficient (Wildman–Crippen LogP) is 1.31.